The molecule has 2 rings (SSSR count). The van der Waals surface area contributed by atoms with Gasteiger partial charge in [0, 0.05) is 0 Å². The number of H-pyrrole nitrogens is 1. The van der Waals surface area contributed by atoms with Crippen LogP contribution in [0.15, 0.2) is 22.1 Å². The summed E-state index contributed by atoms with van der Waals surface area (Å²) in [7, 11) is 0. The number of aromatic nitrogens is 2. The molecule has 1 N–H and O–H groups in total. The van der Waals surface area contributed by atoms with Gasteiger partial charge in [0.25, 0.3) is 5.56 Å². The van der Waals surface area contributed by atoms with E-state index in [9.17, 15) is 14.4 Å². The topological polar surface area (TPSA) is 78.8 Å². The Morgan fingerprint density at radius 3 is 2.88 bits per heavy atom. The Kier molecular flexibility index (Phi) is 6.23. The van der Waals surface area contributed by atoms with Crippen molar-refractivity contribution in [2.75, 3.05) is 12.9 Å². The van der Waals surface area contributed by atoms with Crippen molar-refractivity contribution in [2.24, 2.45) is 0 Å². The standard InChI is InChI=1S/C16H15ClFN3O2S/c1-3-4-7-23-11-6-5-10(17)12(13(11)18)14-9(8-19)15(22)21-16(20-14)24-2/h5-6H,3-4,7H2,1-2H3,(H,20,21,22). The lowest BCUT2D eigenvalue weighted by Crippen LogP contribution is -2.15. The minimum Gasteiger partial charge on any atom is -0.490 e. The predicted octanol–water partition coefficient (Wildman–Crippen LogP) is 4.00. The number of halogens is 2. The Hall–Kier alpha value is -2.04. The van der Waals surface area contributed by atoms with E-state index in [1.807, 2.05) is 6.92 Å². The van der Waals surface area contributed by atoms with Gasteiger partial charge in [0.15, 0.2) is 16.7 Å². The number of aromatic amines is 1. The van der Waals surface area contributed by atoms with Crippen molar-refractivity contribution in [3.63, 3.8) is 0 Å². The number of rotatable bonds is 6. The van der Waals surface area contributed by atoms with Gasteiger partial charge >= 0.3 is 0 Å². The van der Waals surface area contributed by atoms with Crippen LogP contribution in [-0.2, 0) is 0 Å². The molecule has 2 aromatic rings. The fourth-order valence-electron chi connectivity index (χ4n) is 2.02. The summed E-state index contributed by atoms with van der Waals surface area (Å²) < 4.78 is 20.3. The minimum absolute atomic E-state index is 0.0134. The summed E-state index contributed by atoms with van der Waals surface area (Å²) in [5.74, 6) is -0.722. The first-order chi connectivity index (χ1) is 11.5. The highest BCUT2D eigenvalue weighted by Crippen LogP contribution is 2.36. The molecule has 0 atom stereocenters. The fourth-order valence-corrected chi connectivity index (χ4v) is 2.64. The van der Waals surface area contributed by atoms with Crippen molar-refractivity contribution in [2.45, 2.75) is 24.9 Å². The van der Waals surface area contributed by atoms with Crippen molar-refractivity contribution in [1.29, 1.82) is 5.26 Å². The highest BCUT2D eigenvalue weighted by Gasteiger charge is 2.22. The quantitative estimate of drug-likeness (QED) is 0.474. The number of nitrogens with zero attached hydrogens (tertiary/aromatic N) is 2. The number of thioether (sulfide) groups is 1. The first-order valence-electron chi connectivity index (χ1n) is 7.23. The molecular formula is C16H15ClFN3O2S. The van der Waals surface area contributed by atoms with E-state index in [1.54, 1.807) is 12.3 Å². The molecule has 126 valence electrons. The molecule has 24 heavy (non-hydrogen) atoms. The molecule has 8 heteroatoms. The molecule has 0 aliphatic heterocycles. The Bertz CT molecular complexity index is 848. The second-order valence-corrected chi connectivity index (χ2v) is 6.05. The maximum Gasteiger partial charge on any atom is 0.270 e. The van der Waals surface area contributed by atoms with Gasteiger partial charge in [-0.15, -0.1) is 0 Å². The van der Waals surface area contributed by atoms with Crippen molar-refractivity contribution < 1.29 is 9.13 Å². The average Bonchev–Trinajstić information content (AvgIpc) is 2.56. The van der Waals surface area contributed by atoms with Crippen molar-refractivity contribution >= 4 is 23.4 Å². The first kappa shape index (κ1) is 18.3. The van der Waals surface area contributed by atoms with Crippen LogP contribution in [0.5, 0.6) is 5.75 Å². The van der Waals surface area contributed by atoms with Crippen LogP contribution < -0.4 is 10.3 Å². The number of nitrogens with one attached hydrogen (secondary N) is 1. The molecule has 0 saturated carbocycles. The van der Waals surface area contributed by atoms with E-state index in [1.165, 1.54) is 23.9 Å². The SMILES string of the molecule is CCCCOc1ccc(Cl)c(-c2nc(SC)[nH]c(=O)c2C#N)c1F. The van der Waals surface area contributed by atoms with Crippen LogP contribution in [0.2, 0.25) is 5.02 Å². The van der Waals surface area contributed by atoms with Crippen LogP contribution in [0.3, 0.4) is 0 Å². The third-order valence-electron chi connectivity index (χ3n) is 3.25. The average molecular weight is 368 g/mol. The summed E-state index contributed by atoms with van der Waals surface area (Å²) in [5, 5.41) is 9.55. The van der Waals surface area contributed by atoms with E-state index in [0.29, 0.717) is 6.61 Å². The summed E-state index contributed by atoms with van der Waals surface area (Å²) >= 11 is 7.28. The number of unbranched alkanes of at least 4 members (excludes halogenated alkanes) is 1. The highest BCUT2D eigenvalue weighted by atomic mass is 35.5. The van der Waals surface area contributed by atoms with Crippen LogP contribution >= 0.6 is 23.4 Å². The van der Waals surface area contributed by atoms with Gasteiger partial charge in [0.2, 0.25) is 0 Å². The molecule has 0 aliphatic rings. The molecule has 0 aliphatic carbocycles. The number of ether oxygens (including phenoxy) is 1. The summed E-state index contributed by atoms with van der Waals surface area (Å²) in [5.41, 5.74) is -1.13. The highest BCUT2D eigenvalue weighted by molar-refractivity contribution is 7.98. The third-order valence-corrected chi connectivity index (χ3v) is 4.15. The molecule has 0 saturated heterocycles. The summed E-state index contributed by atoms with van der Waals surface area (Å²) in [6.07, 6.45) is 3.39. The maximum atomic E-state index is 14.9. The zero-order valence-corrected chi connectivity index (χ0v) is 14.7. The van der Waals surface area contributed by atoms with Crippen LogP contribution in [0.1, 0.15) is 25.3 Å². The Morgan fingerprint density at radius 2 is 2.25 bits per heavy atom. The lowest BCUT2D eigenvalue weighted by Gasteiger charge is -2.12. The summed E-state index contributed by atoms with van der Waals surface area (Å²) in [6.45, 7) is 2.36. The molecular weight excluding hydrogens is 353 g/mol. The Balaban J connectivity index is 2.64. The minimum atomic E-state index is -0.736. The maximum absolute atomic E-state index is 14.9. The number of nitriles is 1. The lowest BCUT2D eigenvalue weighted by molar-refractivity contribution is 0.294. The molecule has 0 unspecified atom stereocenters. The van der Waals surface area contributed by atoms with Gasteiger partial charge in [-0.1, -0.05) is 36.7 Å². The van der Waals surface area contributed by atoms with E-state index in [-0.39, 0.29) is 32.7 Å². The van der Waals surface area contributed by atoms with E-state index < -0.39 is 11.4 Å². The molecule has 0 spiro atoms. The van der Waals surface area contributed by atoms with Crippen LogP contribution in [0.25, 0.3) is 11.3 Å². The van der Waals surface area contributed by atoms with Gasteiger partial charge in [-0.3, -0.25) is 4.79 Å². The van der Waals surface area contributed by atoms with Gasteiger partial charge in [-0.05, 0) is 24.8 Å². The van der Waals surface area contributed by atoms with Gasteiger partial charge in [0.05, 0.1) is 17.2 Å². The van der Waals surface area contributed by atoms with Gasteiger partial charge in [0.1, 0.15) is 17.3 Å². The van der Waals surface area contributed by atoms with E-state index in [2.05, 4.69) is 9.97 Å². The molecule has 1 heterocycles. The second kappa shape index (κ2) is 8.18. The largest absolute Gasteiger partial charge is 0.490 e. The van der Waals surface area contributed by atoms with Crippen molar-refractivity contribution in [3.8, 4) is 23.1 Å². The monoisotopic (exact) mass is 367 g/mol. The second-order valence-electron chi connectivity index (χ2n) is 4.85. The summed E-state index contributed by atoms with van der Waals surface area (Å²) in [6, 6.07) is 4.64. The molecule has 5 nitrogen and oxygen atoms in total. The molecule has 1 aromatic carbocycles. The Morgan fingerprint density at radius 1 is 1.50 bits per heavy atom. The van der Waals surface area contributed by atoms with Crippen LogP contribution in [0, 0.1) is 17.1 Å². The van der Waals surface area contributed by atoms with Gasteiger partial charge in [-0.2, -0.15) is 5.26 Å². The van der Waals surface area contributed by atoms with E-state index >= 15 is 0 Å². The zero-order valence-electron chi connectivity index (χ0n) is 13.2. The van der Waals surface area contributed by atoms with E-state index in [4.69, 9.17) is 16.3 Å². The fraction of sp³-hybridized carbons (Fsp3) is 0.312. The third kappa shape index (κ3) is 3.71. The molecule has 1 aromatic heterocycles. The van der Waals surface area contributed by atoms with Gasteiger partial charge < -0.3 is 9.72 Å². The van der Waals surface area contributed by atoms with E-state index in [0.717, 1.165) is 12.8 Å². The van der Waals surface area contributed by atoms with Crippen LogP contribution in [0.4, 0.5) is 4.39 Å². The normalized spacial score (nSPS) is 10.5. The molecule has 0 amide bonds. The number of hydrogen-bond acceptors (Lipinski definition) is 5. The molecule has 0 radical (unpaired) electrons. The lowest BCUT2D eigenvalue weighted by atomic mass is 10.1. The predicted molar refractivity (Wildman–Crippen MR) is 92.2 cm³/mol. The summed E-state index contributed by atoms with van der Waals surface area (Å²) in [4.78, 5) is 18.6. The Labute approximate surface area is 147 Å². The van der Waals surface area contributed by atoms with Gasteiger partial charge in [-0.25, -0.2) is 9.37 Å². The van der Waals surface area contributed by atoms with Crippen molar-refractivity contribution in [3.05, 3.63) is 38.9 Å². The first-order valence-corrected chi connectivity index (χ1v) is 8.83. The zero-order chi connectivity index (χ0) is 17.7. The smallest absolute Gasteiger partial charge is 0.270 e. The van der Waals surface area contributed by atoms with Crippen molar-refractivity contribution in [1.82, 2.24) is 9.97 Å². The van der Waals surface area contributed by atoms with Crippen LogP contribution in [-0.4, -0.2) is 22.8 Å². The number of benzene rings is 1. The number of hydrogen-bond donors (Lipinski definition) is 1. The molecule has 0 fully saturated rings. The molecule has 0 bridgehead atoms.